The van der Waals surface area contributed by atoms with E-state index in [0.29, 0.717) is 26.0 Å². The van der Waals surface area contributed by atoms with Crippen molar-refractivity contribution in [1.82, 2.24) is 9.55 Å². The highest BCUT2D eigenvalue weighted by Gasteiger charge is 2.06. The molecule has 0 bridgehead atoms. The van der Waals surface area contributed by atoms with Crippen molar-refractivity contribution in [3.05, 3.63) is 57.8 Å². The van der Waals surface area contributed by atoms with E-state index in [9.17, 15) is 9.90 Å². The fourth-order valence-corrected chi connectivity index (χ4v) is 2.51. The Bertz CT molecular complexity index is 690. The number of ether oxygens (including phenoxy) is 1. The van der Waals surface area contributed by atoms with Gasteiger partial charge in [-0.05, 0) is 38.0 Å². The normalized spacial score (nSPS) is 12.2. The smallest absolute Gasteiger partial charge is 0.253 e. The molecule has 0 radical (unpaired) electrons. The predicted molar refractivity (Wildman–Crippen MR) is 89.9 cm³/mol. The summed E-state index contributed by atoms with van der Waals surface area (Å²) in [6.07, 6.45) is 0.991. The minimum atomic E-state index is -0.352. The summed E-state index contributed by atoms with van der Waals surface area (Å²) in [5.41, 5.74) is 1.78. The molecule has 124 valence electrons. The first kappa shape index (κ1) is 17.2. The Balaban J connectivity index is 1.96. The molecule has 1 heterocycles. The molecular formula is C18H24N2O3. The zero-order valence-corrected chi connectivity index (χ0v) is 14.0. The van der Waals surface area contributed by atoms with Gasteiger partial charge in [-0.15, -0.1) is 0 Å². The Labute approximate surface area is 136 Å². The second kappa shape index (κ2) is 7.92. The zero-order chi connectivity index (χ0) is 16.8. The molecule has 23 heavy (non-hydrogen) atoms. The van der Waals surface area contributed by atoms with Gasteiger partial charge >= 0.3 is 0 Å². The molecule has 0 aliphatic carbocycles. The molecule has 2 aromatic rings. The van der Waals surface area contributed by atoms with Crippen molar-refractivity contribution in [3.63, 3.8) is 0 Å². The summed E-state index contributed by atoms with van der Waals surface area (Å²) in [7, 11) is 0. The van der Waals surface area contributed by atoms with Gasteiger partial charge in [0, 0.05) is 18.2 Å². The number of hydrogen-bond donors (Lipinski definition) is 1. The van der Waals surface area contributed by atoms with Crippen LogP contribution in [-0.4, -0.2) is 27.4 Å². The standard InChI is InChI=1S/C18H24N2O3/c1-4-17-19-13(2)11-18(22)20(17)9-10-23-16-7-5-15(6-8-16)12-14(3)21/h5-8,11,14,21H,4,9-10,12H2,1-3H3. The van der Waals surface area contributed by atoms with Crippen LogP contribution in [-0.2, 0) is 19.4 Å². The fraction of sp³-hybridized carbons (Fsp3) is 0.444. The lowest BCUT2D eigenvalue weighted by atomic mass is 10.1. The maximum atomic E-state index is 12.1. The van der Waals surface area contributed by atoms with Gasteiger partial charge in [-0.1, -0.05) is 19.1 Å². The molecule has 1 atom stereocenters. The molecule has 5 nitrogen and oxygen atoms in total. The Morgan fingerprint density at radius 3 is 2.61 bits per heavy atom. The number of hydrogen-bond acceptors (Lipinski definition) is 4. The quantitative estimate of drug-likeness (QED) is 0.850. The Hall–Kier alpha value is -2.14. The average molecular weight is 316 g/mol. The van der Waals surface area contributed by atoms with Crippen LogP contribution in [0.1, 0.15) is 30.9 Å². The fourth-order valence-electron chi connectivity index (χ4n) is 2.51. The van der Waals surface area contributed by atoms with Crippen molar-refractivity contribution in [2.24, 2.45) is 0 Å². The summed E-state index contributed by atoms with van der Waals surface area (Å²) in [5, 5.41) is 9.37. The molecule has 0 fully saturated rings. The molecule has 0 aliphatic heterocycles. The number of rotatable bonds is 7. The summed E-state index contributed by atoms with van der Waals surface area (Å²) >= 11 is 0. The van der Waals surface area contributed by atoms with Gasteiger partial charge in [-0.2, -0.15) is 0 Å². The molecule has 0 amide bonds. The lowest BCUT2D eigenvalue weighted by Gasteiger charge is -2.12. The maximum absolute atomic E-state index is 12.1. The number of aliphatic hydroxyl groups is 1. The number of aromatic nitrogens is 2. The highest BCUT2D eigenvalue weighted by atomic mass is 16.5. The lowest BCUT2D eigenvalue weighted by Crippen LogP contribution is -2.27. The monoisotopic (exact) mass is 316 g/mol. The topological polar surface area (TPSA) is 64.4 Å². The van der Waals surface area contributed by atoms with Crippen LogP contribution in [0, 0.1) is 6.92 Å². The zero-order valence-electron chi connectivity index (χ0n) is 14.0. The Kier molecular flexibility index (Phi) is 5.93. The minimum absolute atomic E-state index is 0.0368. The summed E-state index contributed by atoms with van der Waals surface area (Å²) in [6.45, 7) is 6.47. The third kappa shape index (κ3) is 4.93. The highest BCUT2D eigenvalue weighted by molar-refractivity contribution is 5.27. The average Bonchev–Trinajstić information content (AvgIpc) is 2.50. The lowest BCUT2D eigenvalue weighted by molar-refractivity contribution is 0.195. The van der Waals surface area contributed by atoms with Crippen LogP contribution >= 0.6 is 0 Å². The Morgan fingerprint density at radius 2 is 2.00 bits per heavy atom. The summed E-state index contributed by atoms with van der Waals surface area (Å²) in [6, 6.07) is 9.20. The van der Waals surface area contributed by atoms with Crippen LogP contribution in [0.2, 0.25) is 0 Å². The molecule has 0 spiro atoms. The van der Waals surface area contributed by atoms with Crippen LogP contribution in [0.3, 0.4) is 0 Å². The predicted octanol–water partition coefficient (Wildman–Crippen LogP) is 2.12. The van der Waals surface area contributed by atoms with Crippen molar-refractivity contribution >= 4 is 0 Å². The van der Waals surface area contributed by atoms with E-state index in [1.165, 1.54) is 0 Å². The van der Waals surface area contributed by atoms with E-state index in [1.807, 2.05) is 38.1 Å². The van der Waals surface area contributed by atoms with E-state index < -0.39 is 0 Å². The molecule has 1 N–H and O–H groups in total. The first-order valence-corrected chi connectivity index (χ1v) is 7.96. The summed E-state index contributed by atoms with van der Waals surface area (Å²) < 4.78 is 7.37. The molecule has 0 saturated carbocycles. The Morgan fingerprint density at radius 1 is 1.30 bits per heavy atom. The second-order valence-corrected chi connectivity index (χ2v) is 5.70. The van der Waals surface area contributed by atoms with Gasteiger partial charge < -0.3 is 9.84 Å². The first-order chi connectivity index (χ1) is 11.0. The second-order valence-electron chi connectivity index (χ2n) is 5.70. The van der Waals surface area contributed by atoms with Crippen molar-refractivity contribution in [1.29, 1.82) is 0 Å². The van der Waals surface area contributed by atoms with E-state index in [-0.39, 0.29) is 11.7 Å². The van der Waals surface area contributed by atoms with Gasteiger partial charge in [0.2, 0.25) is 0 Å². The van der Waals surface area contributed by atoms with Crippen LogP contribution in [0.25, 0.3) is 0 Å². The third-order valence-electron chi connectivity index (χ3n) is 3.57. The van der Waals surface area contributed by atoms with Gasteiger partial charge in [0.1, 0.15) is 18.2 Å². The molecule has 1 unspecified atom stereocenters. The van der Waals surface area contributed by atoms with Gasteiger partial charge in [-0.25, -0.2) is 4.98 Å². The summed E-state index contributed by atoms with van der Waals surface area (Å²) in [4.78, 5) is 16.5. The number of aryl methyl sites for hydroxylation is 2. The molecule has 1 aromatic heterocycles. The van der Waals surface area contributed by atoms with E-state index in [1.54, 1.807) is 17.6 Å². The van der Waals surface area contributed by atoms with Crippen molar-refractivity contribution in [2.45, 2.75) is 46.3 Å². The molecule has 0 saturated heterocycles. The SMILES string of the molecule is CCc1nc(C)cc(=O)n1CCOc1ccc(CC(C)O)cc1. The van der Waals surface area contributed by atoms with Gasteiger partial charge in [0.25, 0.3) is 5.56 Å². The largest absolute Gasteiger partial charge is 0.492 e. The maximum Gasteiger partial charge on any atom is 0.253 e. The number of aliphatic hydroxyl groups excluding tert-OH is 1. The van der Waals surface area contributed by atoms with Gasteiger partial charge in [0.15, 0.2) is 0 Å². The van der Waals surface area contributed by atoms with Crippen LogP contribution in [0.4, 0.5) is 0 Å². The van der Waals surface area contributed by atoms with Crippen molar-refractivity contribution in [3.8, 4) is 5.75 Å². The molecular weight excluding hydrogens is 292 g/mol. The van der Waals surface area contributed by atoms with E-state index in [0.717, 1.165) is 22.8 Å². The minimum Gasteiger partial charge on any atom is -0.492 e. The van der Waals surface area contributed by atoms with Crippen molar-refractivity contribution < 1.29 is 9.84 Å². The molecule has 1 aromatic carbocycles. The van der Waals surface area contributed by atoms with Crippen LogP contribution in [0.5, 0.6) is 5.75 Å². The highest BCUT2D eigenvalue weighted by Crippen LogP contribution is 2.13. The van der Waals surface area contributed by atoms with Gasteiger partial charge in [-0.3, -0.25) is 9.36 Å². The van der Waals surface area contributed by atoms with E-state index in [4.69, 9.17) is 4.74 Å². The van der Waals surface area contributed by atoms with Crippen LogP contribution in [0.15, 0.2) is 35.1 Å². The third-order valence-corrected chi connectivity index (χ3v) is 3.57. The van der Waals surface area contributed by atoms with Gasteiger partial charge in [0.05, 0.1) is 12.6 Å². The first-order valence-electron chi connectivity index (χ1n) is 7.96. The number of benzene rings is 1. The number of nitrogens with zero attached hydrogens (tertiary/aromatic N) is 2. The molecule has 2 rings (SSSR count). The van der Waals surface area contributed by atoms with Crippen molar-refractivity contribution in [2.75, 3.05) is 6.61 Å². The van der Waals surface area contributed by atoms with Crippen LogP contribution < -0.4 is 10.3 Å². The molecule has 5 heteroatoms. The molecule has 0 aliphatic rings. The summed E-state index contributed by atoms with van der Waals surface area (Å²) in [5.74, 6) is 1.54. The van der Waals surface area contributed by atoms with E-state index in [2.05, 4.69) is 4.98 Å². The van der Waals surface area contributed by atoms with E-state index >= 15 is 0 Å².